The summed E-state index contributed by atoms with van der Waals surface area (Å²) in [6.07, 6.45) is 0. The lowest BCUT2D eigenvalue weighted by Crippen LogP contribution is -2.32. The lowest BCUT2D eigenvalue weighted by Gasteiger charge is -2.33. The van der Waals surface area contributed by atoms with E-state index in [0.29, 0.717) is 11.3 Å². The number of ether oxygens (including phenoxy) is 1. The van der Waals surface area contributed by atoms with E-state index in [2.05, 4.69) is 19.2 Å². The number of hydrogen-bond acceptors (Lipinski definition) is 3. The predicted octanol–water partition coefficient (Wildman–Crippen LogP) is 3.63. The average Bonchev–Trinajstić information content (AvgIpc) is 2.33. The molecule has 2 atom stereocenters. The lowest BCUT2D eigenvalue weighted by molar-refractivity contribution is 0.408. The number of benzene rings is 1. The summed E-state index contributed by atoms with van der Waals surface area (Å²) in [6.45, 7) is 5.32. The Kier molecular flexibility index (Phi) is 4.23. The van der Waals surface area contributed by atoms with Gasteiger partial charge in [0.1, 0.15) is 5.75 Å². The van der Waals surface area contributed by atoms with Gasteiger partial charge >= 0.3 is 0 Å². The number of nitrogens with one attached hydrogen (secondary N) is 1. The summed E-state index contributed by atoms with van der Waals surface area (Å²) in [6, 6.07) is 4.21. The molecule has 0 saturated heterocycles. The monoisotopic (exact) mass is 271 g/mol. The molecule has 0 aliphatic carbocycles. The highest BCUT2D eigenvalue weighted by Gasteiger charge is 2.30. The molecule has 17 heavy (non-hydrogen) atoms. The van der Waals surface area contributed by atoms with Crippen LogP contribution in [0.15, 0.2) is 12.1 Å². The highest BCUT2D eigenvalue weighted by molar-refractivity contribution is 7.99. The number of methoxy groups -OCH3 is 1. The maximum Gasteiger partial charge on any atom is 0.123 e. The van der Waals surface area contributed by atoms with Crippen LogP contribution in [0.4, 0.5) is 0 Å². The summed E-state index contributed by atoms with van der Waals surface area (Å²) >= 11 is 8.31. The van der Waals surface area contributed by atoms with Gasteiger partial charge in [0.2, 0.25) is 0 Å². The van der Waals surface area contributed by atoms with E-state index in [1.807, 2.05) is 23.9 Å². The number of hydrogen-bond donors (Lipinski definition) is 1. The predicted molar refractivity (Wildman–Crippen MR) is 75.2 cm³/mol. The zero-order chi connectivity index (χ0) is 12.4. The van der Waals surface area contributed by atoms with Gasteiger partial charge in [0.25, 0.3) is 0 Å². The maximum absolute atomic E-state index is 6.36. The maximum atomic E-state index is 6.36. The fourth-order valence-corrected chi connectivity index (χ4v) is 3.77. The van der Waals surface area contributed by atoms with Gasteiger partial charge in [-0.2, -0.15) is 11.8 Å². The van der Waals surface area contributed by atoms with Gasteiger partial charge < -0.3 is 10.1 Å². The Hall–Kier alpha value is -0.380. The van der Waals surface area contributed by atoms with Gasteiger partial charge in [0.15, 0.2) is 0 Å². The van der Waals surface area contributed by atoms with Gasteiger partial charge in [-0.3, -0.25) is 0 Å². The summed E-state index contributed by atoms with van der Waals surface area (Å²) in [5, 5.41) is 4.90. The summed E-state index contributed by atoms with van der Waals surface area (Å²) in [5.74, 6) is 1.92. The van der Waals surface area contributed by atoms with Crippen LogP contribution in [0.25, 0.3) is 0 Å². The molecule has 0 amide bonds. The van der Waals surface area contributed by atoms with E-state index in [0.717, 1.165) is 23.1 Å². The van der Waals surface area contributed by atoms with E-state index in [9.17, 15) is 0 Å². The highest BCUT2D eigenvalue weighted by atomic mass is 35.5. The molecule has 1 aromatic carbocycles. The second-order valence-electron chi connectivity index (χ2n) is 4.19. The van der Waals surface area contributed by atoms with Gasteiger partial charge in [-0.15, -0.1) is 0 Å². The molecule has 0 aromatic heterocycles. The van der Waals surface area contributed by atoms with Crippen molar-refractivity contribution in [2.45, 2.75) is 30.9 Å². The summed E-state index contributed by atoms with van der Waals surface area (Å²) in [4.78, 5) is 0. The van der Waals surface area contributed by atoms with Crippen LogP contribution in [0, 0.1) is 0 Å². The first-order chi connectivity index (χ1) is 8.19. The van der Waals surface area contributed by atoms with Crippen LogP contribution in [-0.4, -0.2) is 18.9 Å². The minimum absolute atomic E-state index is 0.316. The van der Waals surface area contributed by atoms with Crippen molar-refractivity contribution >= 4 is 23.4 Å². The smallest absolute Gasteiger partial charge is 0.123 e. The molecule has 1 N–H and O–H groups in total. The first-order valence-corrected chi connectivity index (χ1v) is 7.32. The third kappa shape index (κ3) is 2.42. The van der Waals surface area contributed by atoms with E-state index in [1.54, 1.807) is 7.11 Å². The van der Waals surface area contributed by atoms with Crippen molar-refractivity contribution in [1.82, 2.24) is 5.32 Å². The van der Waals surface area contributed by atoms with Crippen LogP contribution in [0.3, 0.4) is 0 Å². The second kappa shape index (κ2) is 5.51. The molecule has 0 radical (unpaired) electrons. The van der Waals surface area contributed by atoms with E-state index < -0.39 is 0 Å². The number of rotatable bonds is 3. The lowest BCUT2D eigenvalue weighted by atomic mass is 9.97. The molecule has 1 heterocycles. The molecule has 2 unspecified atom stereocenters. The molecular formula is C13H18ClNOS. The molecule has 0 fully saturated rings. The van der Waals surface area contributed by atoms with Crippen molar-refractivity contribution < 1.29 is 4.74 Å². The van der Waals surface area contributed by atoms with E-state index in [4.69, 9.17) is 16.3 Å². The fourth-order valence-electron chi connectivity index (χ4n) is 2.33. The van der Waals surface area contributed by atoms with E-state index in [1.165, 1.54) is 11.1 Å². The average molecular weight is 272 g/mol. The van der Waals surface area contributed by atoms with Crippen molar-refractivity contribution in [1.29, 1.82) is 0 Å². The molecule has 0 saturated carbocycles. The Balaban J connectivity index is 2.50. The molecule has 0 spiro atoms. The van der Waals surface area contributed by atoms with E-state index in [-0.39, 0.29) is 0 Å². The largest absolute Gasteiger partial charge is 0.496 e. The van der Waals surface area contributed by atoms with Crippen LogP contribution < -0.4 is 10.1 Å². The van der Waals surface area contributed by atoms with E-state index >= 15 is 0 Å². The Bertz CT molecular complexity index is 411. The molecule has 2 nitrogen and oxygen atoms in total. The molecule has 0 bridgehead atoms. The Morgan fingerprint density at radius 1 is 1.53 bits per heavy atom. The van der Waals surface area contributed by atoms with Crippen LogP contribution in [0.2, 0.25) is 5.02 Å². The van der Waals surface area contributed by atoms with Gasteiger partial charge in [0, 0.05) is 27.6 Å². The molecule has 4 heteroatoms. The quantitative estimate of drug-likeness (QED) is 0.907. The molecule has 1 aliphatic rings. The number of halogens is 1. The van der Waals surface area contributed by atoms with Crippen molar-refractivity contribution in [3.8, 4) is 5.75 Å². The number of fused-ring (bicyclic) bond motifs is 1. The fraction of sp³-hybridized carbons (Fsp3) is 0.538. The summed E-state index contributed by atoms with van der Waals surface area (Å²) < 4.78 is 5.43. The topological polar surface area (TPSA) is 21.3 Å². The van der Waals surface area contributed by atoms with Crippen molar-refractivity contribution in [3.05, 3.63) is 28.3 Å². The van der Waals surface area contributed by atoms with Gasteiger partial charge in [0.05, 0.1) is 7.11 Å². The minimum atomic E-state index is 0.316. The Morgan fingerprint density at radius 3 is 2.94 bits per heavy atom. The zero-order valence-corrected chi connectivity index (χ0v) is 12.0. The van der Waals surface area contributed by atoms with Crippen LogP contribution in [-0.2, 0) is 5.75 Å². The first kappa shape index (κ1) is 13.1. The van der Waals surface area contributed by atoms with Crippen LogP contribution >= 0.6 is 23.4 Å². The van der Waals surface area contributed by atoms with Crippen LogP contribution in [0.5, 0.6) is 5.75 Å². The molecule has 1 aliphatic heterocycles. The van der Waals surface area contributed by atoms with Gasteiger partial charge in [-0.1, -0.05) is 25.4 Å². The summed E-state index contributed by atoms with van der Waals surface area (Å²) in [5.41, 5.74) is 2.47. The van der Waals surface area contributed by atoms with Crippen molar-refractivity contribution in [2.24, 2.45) is 0 Å². The molecule has 94 valence electrons. The third-order valence-electron chi connectivity index (χ3n) is 3.18. The normalized spacial score (nSPS) is 23.3. The number of thioether (sulfide) groups is 1. The van der Waals surface area contributed by atoms with Crippen molar-refractivity contribution in [2.75, 3.05) is 13.7 Å². The minimum Gasteiger partial charge on any atom is -0.496 e. The third-order valence-corrected chi connectivity index (χ3v) is 4.76. The summed E-state index contributed by atoms with van der Waals surface area (Å²) in [7, 11) is 1.72. The molecule has 1 aromatic rings. The Morgan fingerprint density at radius 2 is 2.29 bits per heavy atom. The zero-order valence-electron chi connectivity index (χ0n) is 10.4. The second-order valence-corrected chi connectivity index (χ2v) is 5.97. The highest BCUT2D eigenvalue weighted by Crippen LogP contribution is 2.44. The van der Waals surface area contributed by atoms with Gasteiger partial charge in [-0.25, -0.2) is 0 Å². The Labute approximate surface area is 112 Å². The molecular weight excluding hydrogens is 254 g/mol. The first-order valence-electron chi connectivity index (χ1n) is 5.89. The molecule has 2 rings (SSSR count). The van der Waals surface area contributed by atoms with Gasteiger partial charge in [-0.05, 0) is 24.2 Å². The standard InChI is InChI=1S/C13H18ClNOS/c1-4-15-13-8(2)17-7-9-11(16-3)6-5-10(14)12(9)13/h5-6,8,13,15H,4,7H2,1-3H3. The van der Waals surface area contributed by atoms with Crippen LogP contribution in [0.1, 0.15) is 31.0 Å². The van der Waals surface area contributed by atoms with Crippen molar-refractivity contribution in [3.63, 3.8) is 0 Å². The SMILES string of the molecule is CCNC1c2c(Cl)ccc(OC)c2CSC1C.